The Morgan fingerprint density at radius 1 is 0.600 bits per heavy atom. The van der Waals surface area contributed by atoms with Gasteiger partial charge >= 0.3 is 29.6 Å². The van der Waals surface area contributed by atoms with E-state index in [9.17, 15) is 13.0 Å². The molecule has 0 amide bonds. The topological polar surface area (TPSA) is 66.4 Å². The van der Waals surface area contributed by atoms with Crippen molar-refractivity contribution in [1.82, 2.24) is 0 Å². The summed E-state index contributed by atoms with van der Waals surface area (Å²) in [5.41, 5.74) is 0. The maximum Gasteiger partial charge on any atom is 1.00 e. The van der Waals surface area contributed by atoms with Crippen LogP contribution in [0.2, 0.25) is 0 Å². The number of hydrogen-bond donors (Lipinski definition) is 0. The van der Waals surface area contributed by atoms with Crippen molar-refractivity contribution in [2.24, 2.45) is 5.92 Å². The molecule has 0 aliphatic heterocycles. The average Bonchev–Trinajstić information content (AvgIpc) is 2.68. The van der Waals surface area contributed by atoms with Gasteiger partial charge in [0, 0.05) is 0 Å². The summed E-state index contributed by atoms with van der Waals surface area (Å²) in [6.07, 6.45) is 25.4. The quantitative estimate of drug-likeness (QED) is 0.0947. The van der Waals surface area contributed by atoms with E-state index in [0.717, 1.165) is 25.7 Å². The van der Waals surface area contributed by atoms with Crippen LogP contribution in [0.3, 0.4) is 0 Å². The van der Waals surface area contributed by atoms with Crippen LogP contribution in [0.15, 0.2) is 0 Å². The Kier molecular flexibility index (Phi) is 27.0. The summed E-state index contributed by atoms with van der Waals surface area (Å²) < 4.78 is 36.7. The minimum absolute atomic E-state index is 0. The van der Waals surface area contributed by atoms with Gasteiger partial charge in [0.05, 0.1) is 6.61 Å². The van der Waals surface area contributed by atoms with Crippen LogP contribution in [0.5, 0.6) is 0 Å². The first-order chi connectivity index (χ1) is 14.0. The maximum atomic E-state index is 10.7. The molecule has 0 aromatic heterocycles. The summed E-state index contributed by atoms with van der Waals surface area (Å²) in [5.74, 6) is 0.202. The van der Waals surface area contributed by atoms with Crippen molar-refractivity contribution in [3.05, 3.63) is 0 Å². The molecule has 0 heterocycles. The third-order valence-corrected chi connectivity index (χ3v) is 6.30. The van der Waals surface area contributed by atoms with Crippen molar-refractivity contribution < 1.29 is 46.7 Å². The second-order valence-electron chi connectivity index (χ2n) is 8.79. The van der Waals surface area contributed by atoms with Gasteiger partial charge in [0.25, 0.3) is 0 Å². The molecule has 1 unspecified atom stereocenters. The molecule has 0 aliphatic carbocycles. The van der Waals surface area contributed by atoms with Crippen LogP contribution in [-0.4, -0.2) is 19.6 Å². The van der Waals surface area contributed by atoms with Gasteiger partial charge in [-0.1, -0.05) is 129 Å². The van der Waals surface area contributed by atoms with Crippen molar-refractivity contribution in [3.8, 4) is 0 Å². The smallest absolute Gasteiger partial charge is 0.726 e. The molecule has 0 bridgehead atoms. The Balaban J connectivity index is 0. The van der Waals surface area contributed by atoms with E-state index in [4.69, 9.17) is 0 Å². The zero-order valence-corrected chi connectivity index (χ0v) is 23.3. The number of unbranched alkanes of at least 4 members (excludes halogenated alkanes) is 16. The number of rotatable bonds is 23. The fraction of sp³-hybridized carbons (Fsp3) is 1.00. The van der Waals surface area contributed by atoms with E-state index in [0.29, 0.717) is 0 Å². The van der Waals surface area contributed by atoms with Gasteiger partial charge < -0.3 is 4.55 Å². The Morgan fingerprint density at radius 2 is 0.900 bits per heavy atom. The van der Waals surface area contributed by atoms with Crippen LogP contribution in [0.25, 0.3) is 0 Å². The number of hydrogen-bond acceptors (Lipinski definition) is 4. The van der Waals surface area contributed by atoms with Crippen LogP contribution < -0.4 is 29.6 Å². The van der Waals surface area contributed by atoms with Gasteiger partial charge in [-0.05, 0) is 18.8 Å². The van der Waals surface area contributed by atoms with E-state index >= 15 is 0 Å². The maximum absolute atomic E-state index is 10.7. The van der Waals surface area contributed by atoms with Crippen LogP contribution in [0.4, 0.5) is 0 Å². The average molecular weight is 457 g/mol. The Labute approximate surface area is 210 Å². The first-order valence-electron chi connectivity index (χ1n) is 12.6. The summed E-state index contributed by atoms with van der Waals surface area (Å²) in [7, 11) is -4.56. The molecule has 1 atom stereocenters. The summed E-state index contributed by atoms with van der Waals surface area (Å²) in [6, 6.07) is 0. The fourth-order valence-corrected chi connectivity index (χ4v) is 4.34. The van der Waals surface area contributed by atoms with Crippen molar-refractivity contribution in [2.45, 2.75) is 142 Å². The molecular formula is C24H49NaO4S. The molecule has 0 spiro atoms. The first-order valence-corrected chi connectivity index (χ1v) is 13.9. The van der Waals surface area contributed by atoms with Gasteiger partial charge in [-0.3, -0.25) is 4.18 Å². The van der Waals surface area contributed by atoms with Gasteiger partial charge in [-0.25, -0.2) is 8.42 Å². The van der Waals surface area contributed by atoms with Crippen molar-refractivity contribution in [1.29, 1.82) is 0 Å². The largest absolute Gasteiger partial charge is 1.00 e. The SMILES string of the molecule is CCCCCCCCCCCCCCCCC(CCCCCC)COS(=O)(=O)[O-].[Na+]. The Hall–Kier alpha value is 0.870. The van der Waals surface area contributed by atoms with Gasteiger partial charge in [0.15, 0.2) is 0 Å². The molecule has 6 heteroatoms. The minimum atomic E-state index is -4.56. The van der Waals surface area contributed by atoms with Crippen molar-refractivity contribution >= 4 is 10.4 Å². The summed E-state index contributed by atoms with van der Waals surface area (Å²) >= 11 is 0. The minimum Gasteiger partial charge on any atom is -0.726 e. The monoisotopic (exact) mass is 456 g/mol. The summed E-state index contributed by atoms with van der Waals surface area (Å²) in [4.78, 5) is 0. The molecule has 0 rings (SSSR count). The molecule has 0 saturated carbocycles. The third kappa shape index (κ3) is 26.9. The molecule has 0 aromatic carbocycles. The van der Waals surface area contributed by atoms with Crippen molar-refractivity contribution in [2.75, 3.05) is 6.61 Å². The predicted octanol–water partition coefficient (Wildman–Crippen LogP) is 4.93. The van der Waals surface area contributed by atoms with E-state index in [2.05, 4.69) is 18.0 Å². The second-order valence-corrected chi connectivity index (χ2v) is 9.85. The van der Waals surface area contributed by atoms with Gasteiger partial charge in [-0.2, -0.15) is 0 Å². The molecule has 4 nitrogen and oxygen atoms in total. The normalized spacial score (nSPS) is 12.6. The second kappa shape index (κ2) is 24.5. The molecule has 0 radical (unpaired) electrons. The van der Waals surface area contributed by atoms with Crippen LogP contribution in [0.1, 0.15) is 142 Å². The first kappa shape index (κ1) is 33.0. The molecule has 30 heavy (non-hydrogen) atoms. The fourth-order valence-electron chi connectivity index (χ4n) is 3.98. The zero-order chi connectivity index (χ0) is 21.6. The van der Waals surface area contributed by atoms with Crippen LogP contribution in [0, 0.1) is 5.92 Å². The van der Waals surface area contributed by atoms with E-state index in [-0.39, 0.29) is 42.1 Å². The van der Waals surface area contributed by atoms with Gasteiger partial charge in [0.2, 0.25) is 10.4 Å². The Morgan fingerprint density at radius 3 is 1.23 bits per heavy atom. The molecule has 0 aliphatic rings. The summed E-state index contributed by atoms with van der Waals surface area (Å²) in [5, 5.41) is 0. The van der Waals surface area contributed by atoms with E-state index < -0.39 is 10.4 Å². The van der Waals surface area contributed by atoms with Gasteiger partial charge in [0.1, 0.15) is 0 Å². The molecule has 176 valence electrons. The van der Waals surface area contributed by atoms with Gasteiger partial charge in [-0.15, -0.1) is 0 Å². The molecule has 0 saturated heterocycles. The standard InChI is InChI=1S/C24H50O4S.Na/c1-3-5-7-9-10-11-12-13-14-15-16-17-18-20-22-24(21-19-8-6-4-2)23-28-29(25,26)27;/h24H,3-23H2,1-2H3,(H,25,26,27);/q;+1/p-1. The van der Waals surface area contributed by atoms with E-state index in [1.54, 1.807) is 0 Å². The van der Waals surface area contributed by atoms with Crippen molar-refractivity contribution in [3.63, 3.8) is 0 Å². The Bertz CT molecular complexity index is 429. The molecular weight excluding hydrogens is 407 g/mol. The summed E-state index contributed by atoms with van der Waals surface area (Å²) in [6.45, 7) is 4.51. The van der Waals surface area contributed by atoms with E-state index in [1.807, 2.05) is 0 Å². The third-order valence-electron chi connectivity index (χ3n) is 5.88. The zero-order valence-electron chi connectivity index (χ0n) is 20.5. The predicted molar refractivity (Wildman–Crippen MR) is 123 cm³/mol. The van der Waals surface area contributed by atoms with Crippen LogP contribution in [-0.2, 0) is 14.6 Å². The van der Waals surface area contributed by atoms with Crippen LogP contribution >= 0.6 is 0 Å². The molecule has 0 N–H and O–H groups in total. The van der Waals surface area contributed by atoms with E-state index in [1.165, 1.54) is 103 Å². The molecule has 0 aromatic rings. The molecule has 0 fully saturated rings.